The van der Waals surface area contributed by atoms with Gasteiger partial charge >= 0.3 is 0 Å². The van der Waals surface area contributed by atoms with Gasteiger partial charge in [-0.05, 0) is 37.3 Å². The van der Waals surface area contributed by atoms with Crippen molar-refractivity contribution < 1.29 is 9.84 Å². The van der Waals surface area contributed by atoms with Crippen LogP contribution in [-0.4, -0.2) is 49.3 Å². The Morgan fingerprint density at radius 1 is 1.43 bits per heavy atom. The first-order valence-corrected chi connectivity index (χ1v) is 7.39. The van der Waals surface area contributed by atoms with E-state index in [0.29, 0.717) is 31.1 Å². The smallest absolute Gasteiger partial charge is 0.140 e. The molecule has 1 heterocycles. The normalized spacial score (nSPS) is 13.8. The van der Waals surface area contributed by atoms with Crippen LogP contribution in [0.3, 0.4) is 0 Å². The molecule has 116 valence electrons. The van der Waals surface area contributed by atoms with Crippen LogP contribution in [0.5, 0.6) is 0 Å². The number of fused-ring (bicyclic) bond motifs is 1. The molecule has 0 unspecified atom stereocenters. The minimum Gasteiger partial charge on any atom is -0.395 e. The van der Waals surface area contributed by atoms with Crippen LogP contribution in [0, 0.1) is 5.41 Å². The van der Waals surface area contributed by atoms with E-state index < -0.39 is 0 Å². The molecule has 0 saturated carbocycles. The fraction of sp³-hybridized carbons (Fsp3) is 0.600. The van der Waals surface area contributed by atoms with Crippen molar-refractivity contribution in [3.63, 3.8) is 0 Å². The number of nitrogen functional groups attached to an aromatic ring is 1. The molecule has 0 saturated heterocycles. The summed E-state index contributed by atoms with van der Waals surface area (Å²) < 4.78 is 5.12. The van der Waals surface area contributed by atoms with Gasteiger partial charge in [0.05, 0.1) is 18.8 Å². The third-order valence-electron chi connectivity index (χ3n) is 3.81. The number of hydrogen-bond acceptors (Lipinski definition) is 5. The van der Waals surface area contributed by atoms with E-state index in [1.165, 1.54) is 5.56 Å². The molecular formula is C15H24N4O2. The van der Waals surface area contributed by atoms with Crippen LogP contribution < -0.4 is 10.6 Å². The Balaban J connectivity index is 2.40. The molecule has 0 amide bonds. The predicted octanol–water partition coefficient (Wildman–Crippen LogP) is 0.690. The largest absolute Gasteiger partial charge is 0.395 e. The molecule has 0 atom stereocenters. The monoisotopic (exact) mass is 292 g/mol. The predicted molar refractivity (Wildman–Crippen MR) is 83.1 cm³/mol. The number of nitrogens with zero attached hydrogens (tertiary/aromatic N) is 2. The molecule has 0 fully saturated rings. The summed E-state index contributed by atoms with van der Waals surface area (Å²) in [7, 11) is 1.64. The van der Waals surface area contributed by atoms with E-state index in [1.807, 2.05) is 11.0 Å². The second-order valence-electron chi connectivity index (χ2n) is 5.29. The lowest BCUT2D eigenvalue weighted by Crippen LogP contribution is -2.33. The Labute approximate surface area is 125 Å². The maximum Gasteiger partial charge on any atom is 0.140 e. The molecule has 0 radical (unpaired) electrons. The Morgan fingerprint density at radius 3 is 2.86 bits per heavy atom. The molecule has 0 spiro atoms. The second kappa shape index (κ2) is 7.38. The van der Waals surface area contributed by atoms with Gasteiger partial charge in [0.2, 0.25) is 0 Å². The van der Waals surface area contributed by atoms with Gasteiger partial charge in [0.15, 0.2) is 0 Å². The maximum atomic E-state index is 9.27. The van der Waals surface area contributed by atoms with E-state index in [2.05, 4.69) is 0 Å². The SMILES string of the molecule is COCCN(CCO)c1nc2c(cc1C(=N)N)CCCC2. The number of anilines is 1. The van der Waals surface area contributed by atoms with Crippen LogP contribution in [0.15, 0.2) is 6.07 Å². The molecule has 2 rings (SSSR count). The highest BCUT2D eigenvalue weighted by atomic mass is 16.5. The number of ether oxygens (including phenoxy) is 1. The first-order chi connectivity index (χ1) is 10.2. The molecule has 1 aliphatic carbocycles. The molecule has 6 heteroatoms. The molecule has 1 aromatic heterocycles. The summed E-state index contributed by atoms with van der Waals surface area (Å²) in [4.78, 5) is 6.68. The quantitative estimate of drug-likeness (QED) is 0.507. The van der Waals surface area contributed by atoms with Crippen molar-refractivity contribution in [1.29, 1.82) is 5.41 Å². The zero-order valence-electron chi connectivity index (χ0n) is 12.6. The van der Waals surface area contributed by atoms with Crippen LogP contribution in [0.1, 0.15) is 29.7 Å². The topological polar surface area (TPSA) is 95.5 Å². The van der Waals surface area contributed by atoms with Gasteiger partial charge in [-0.1, -0.05) is 0 Å². The number of pyridine rings is 1. The van der Waals surface area contributed by atoms with Crippen molar-refractivity contribution in [2.24, 2.45) is 5.73 Å². The van der Waals surface area contributed by atoms with Crippen molar-refractivity contribution in [2.45, 2.75) is 25.7 Å². The van der Waals surface area contributed by atoms with Crippen LogP contribution in [-0.2, 0) is 17.6 Å². The highest BCUT2D eigenvalue weighted by Gasteiger charge is 2.20. The summed E-state index contributed by atoms with van der Waals surface area (Å²) in [5, 5.41) is 17.1. The summed E-state index contributed by atoms with van der Waals surface area (Å²) in [5.41, 5.74) is 8.68. The number of aliphatic hydroxyl groups is 1. The van der Waals surface area contributed by atoms with Gasteiger partial charge in [0.25, 0.3) is 0 Å². The molecule has 0 bridgehead atoms. The van der Waals surface area contributed by atoms with Crippen LogP contribution in [0.25, 0.3) is 0 Å². The lowest BCUT2D eigenvalue weighted by atomic mass is 9.94. The Bertz CT molecular complexity index is 505. The van der Waals surface area contributed by atoms with E-state index in [9.17, 15) is 5.11 Å². The summed E-state index contributed by atoms with van der Waals surface area (Å²) >= 11 is 0. The summed E-state index contributed by atoms with van der Waals surface area (Å²) in [6.45, 7) is 1.63. The summed E-state index contributed by atoms with van der Waals surface area (Å²) in [6.07, 6.45) is 4.28. The van der Waals surface area contributed by atoms with Gasteiger partial charge in [0.1, 0.15) is 11.7 Å². The van der Waals surface area contributed by atoms with E-state index in [-0.39, 0.29) is 12.4 Å². The Hall–Kier alpha value is -1.66. The van der Waals surface area contributed by atoms with Gasteiger partial charge in [-0.25, -0.2) is 4.98 Å². The van der Waals surface area contributed by atoms with Crippen molar-refractivity contribution in [1.82, 2.24) is 4.98 Å². The molecule has 6 nitrogen and oxygen atoms in total. The van der Waals surface area contributed by atoms with Gasteiger partial charge in [0, 0.05) is 25.9 Å². The van der Waals surface area contributed by atoms with Gasteiger partial charge in [-0.2, -0.15) is 0 Å². The minimum atomic E-state index is 0.0197. The molecule has 1 aromatic rings. The van der Waals surface area contributed by atoms with Gasteiger partial charge < -0.3 is 20.5 Å². The van der Waals surface area contributed by atoms with Gasteiger partial charge in [-0.15, -0.1) is 0 Å². The average Bonchev–Trinajstić information content (AvgIpc) is 2.50. The number of nitrogens with one attached hydrogen (secondary N) is 1. The number of amidine groups is 1. The minimum absolute atomic E-state index is 0.0197. The van der Waals surface area contributed by atoms with E-state index >= 15 is 0 Å². The molecule has 4 N–H and O–H groups in total. The Morgan fingerprint density at radius 2 is 2.19 bits per heavy atom. The van der Waals surface area contributed by atoms with Gasteiger partial charge in [-0.3, -0.25) is 5.41 Å². The van der Waals surface area contributed by atoms with Crippen molar-refractivity contribution in [2.75, 3.05) is 38.3 Å². The van der Waals surface area contributed by atoms with Crippen molar-refractivity contribution in [3.05, 3.63) is 22.9 Å². The number of aromatic nitrogens is 1. The first kappa shape index (κ1) is 15.7. The number of nitrogens with two attached hydrogens (primary N) is 1. The highest BCUT2D eigenvalue weighted by molar-refractivity contribution is 5.99. The van der Waals surface area contributed by atoms with E-state index in [0.717, 1.165) is 31.4 Å². The molecule has 1 aliphatic rings. The zero-order valence-corrected chi connectivity index (χ0v) is 12.6. The van der Waals surface area contributed by atoms with Crippen LogP contribution in [0.2, 0.25) is 0 Å². The standard InChI is InChI=1S/C15H24N4O2/c1-21-9-7-19(6-8-20)15-12(14(16)17)10-11-4-2-3-5-13(11)18-15/h10,20H,2-9H2,1H3,(H3,16,17). The molecule has 0 aliphatic heterocycles. The molecular weight excluding hydrogens is 268 g/mol. The molecule has 0 aromatic carbocycles. The fourth-order valence-corrected chi connectivity index (χ4v) is 2.71. The number of aliphatic hydroxyl groups excluding tert-OH is 1. The van der Waals surface area contributed by atoms with E-state index in [4.69, 9.17) is 20.9 Å². The summed E-state index contributed by atoms with van der Waals surface area (Å²) in [5.74, 6) is 0.709. The summed E-state index contributed by atoms with van der Waals surface area (Å²) in [6, 6.07) is 2.00. The Kier molecular flexibility index (Phi) is 5.52. The third kappa shape index (κ3) is 3.71. The van der Waals surface area contributed by atoms with Crippen LogP contribution >= 0.6 is 0 Å². The number of rotatable bonds is 7. The maximum absolute atomic E-state index is 9.27. The third-order valence-corrected chi connectivity index (χ3v) is 3.81. The zero-order chi connectivity index (χ0) is 15.2. The van der Waals surface area contributed by atoms with E-state index in [1.54, 1.807) is 7.11 Å². The highest BCUT2D eigenvalue weighted by Crippen LogP contribution is 2.26. The number of hydrogen-bond donors (Lipinski definition) is 3. The lowest BCUT2D eigenvalue weighted by Gasteiger charge is -2.27. The average molecular weight is 292 g/mol. The van der Waals surface area contributed by atoms with Crippen molar-refractivity contribution >= 4 is 11.7 Å². The second-order valence-corrected chi connectivity index (χ2v) is 5.29. The number of aryl methyl sites for hydroxylation is 2. The first-order valence-electron chi connectivity index (χ1n) is 7.39. The molecule has 21 heavy (non-hydrogen) atoms. The number of methoxy groups -OCH3 is 1. The van der Waals surface area contributed by atoms with Crippen molar-refractivity contribution in [3.8, 4) is 0 Å². The van der Waals surface area contributed by atoms with Crippen LogP contribution in [0.4, 0.5) is 5.82 Å². The lowest BCUT2D eigenvalue weighted by molar-refractivity contribution is 0.202. The fourth-order valence-electron chi connectivity index (χ4n) is 2.71.